The standard InChI is InChI=1S/C21H14FN3O2S2/c1-12(28-21-24-11-17(27-21)13-6-8-14(22)9-7-13)19(26)15(10-23)20-25-16-4-2-3-5-18(16)29-20/h2-9,11-12,26H,1H3/b19-15-. The Kier molecular flexibility index (Phi) is 5.34. The van der Waals surface area contributed by atoms with Gasteiger partial charge in [0.25, 0.3) is 5.22 Å². The molecule has 4 rings (SSSR count). The van der Waals surface area contributed by atoms with Gasteiger partial charge in [-0.1, -0.05) is 23.9 Å². The lowest BCUT2D eigenvalue weighted by molar-refractivity contribution is 0.400. The fraction of sp³-hybridized carbons (Fsp3) is 0.0952. The number of aromatic nitrogens is 2. The highest BCUT2D eigenvalue weighted by Crippen LogP contribution is 2.34. The van der Waals surface area contributed by atoms with Crippen LogP contribution in [0.15, 0.2) is 70.1 Å². The topological polar surface area (TPSA) is 82.9 Å². The molecule has 2 heterocycles. The molecular weight excluding hydrogens is 409 g/mol. The Labute approximate surface area is 174 Å². The zero-order valence-electron chi connectivity index (χ0n) is 15.2. The molecule has 0 fully saturated rings. The van der Waals surface area contributed by atoms with E-state index in [0.717, 1.165) is 10.2 Å². The number of nitriles is 1. The SMILES string of the molecule is CC(Sc1ncc(-c2ccc(F)cc2)o1)/C(O)=C(\C#N)c1nc2ccccc2s1. The van der Waals surface area contributed by atoms with E-state index in [-0.39, 0.29) is 17.1 Å². The van der Waals surface area contributed by atoms with Gasteiger partial charge >= 0.3 is 0 Å². The number of aliphatic hydroxyl groups excluding tert-OH is 1. The largest absolute Gasteiger partial charge is 0.510 e. The van der Waals surface area contributed by atoms with Crippen molar-refractivity contribution in [2.45, 2.75) is 17.4 Å². The monoisotopic (exact) mass is 423 g/mol. The second kappa shape index (κ2) is 8.07. The number of thioether (sulfide) groups is 1. The number of nitrogens with zero attached hydrogens (tertiary/aromatic N) is 3. The van der Waals surface area contributed by atoms with E-state index >= 15 is 0 Å². The number of hydrogen-bond donors (Lipinski definition) is 1. The Hall–Kier alpha value is -3.15. The third-order valence-electron chi connectivity index (χ3n) is 4.15. The predicted octanol–water partition coefficient (Wildman–Crippen LogP) is 6.06. The van der Waals surface area contributed by atoms with Crippen LogP contribution < -0.4 is 0 Å². The molecule has 2 aromatic heterocycles. The quantitative estimate of drug-likeness (QED) is 0.238. The van der Waals surface area contributed by atoms with E-state index in [1.165, 1.54) is 35.2 Å². The highest BCUT2D eigenvalue weighted by Gasteiger charge is 2.21. The molecule has 0 bridgehead atoms. The number of benzene rings is 2. The minimum atomic E-state index is -0.476. The lowest BCUT2D eigenvalue weighted by atomic mass is 10.2. The highest BCUT2D eigenvalue weighted by atomic mass is 32.2. The van der Waals surface area contributed by atoms with Gasteiger partial charge in [0.15, 0.2) is 5.76 Å². The molecule has 2 aromatic carbocycles. The first-order chi connectivity index (χ1) is 14.0. The number of fused-ring (bicyclic) bond motifs is 1. The Morgan fingerprint density at radius 1 is 1.24 bits per heavy atom. The maximum absolute atomic E-state index is 13.1. The van der Waals surface area contributed by atoms with E-state index in [1.807, 2.05) is 24.3 Å². The molecule has 0 spiro atoms. The Bertz CT molecular complexity index is 1210. The smallest absolute Gasteiger partial charge is 0.256 e. The molecular formula is C21H14FN3O2S2. The predicted molar refractivity (Wildman–Crippen MR) is 112 cm³/mol. The van der Waals surface area contributed by atoms with Crippen LogP contribution in [0.4, 0.5) is 4.39 Å². The van der Waals surface area contributed by atoms with Crippen molar-refractivity contribution in [3.8, 4) is 17.4 Å². The van der Waals surface area contributed by atoms with Crippen LogP contribution in [-0.2, 0) is 0 Å². The maximum Gasteiger partial charge on any atom is 0.256 e. The number of hydrogen-bond acceptors (Lipinski definition) is 7. The van der Waals surface area contributed by atoms with Crippen LogP contribution in [0, 0.1) is 17.1 Å². The minimum Gasteiger partial charge on any atom is -0.510 e. The molecule has 1 atom stereocenters. The third kappa shape index (κ3) is 4.01. The summed E-state index contributed by atoms with van der Waals surface area (Å²) < 4.78 is 19.7. The van der Waals surface area contributed by atoms with Crippen molar-refractivity contribution in [1.82, 2.24) is 9.97 Å². The van der Waals surface area contributed by atoms with Gasteiger partial charge in [0.05, 0.1) is 21.7 Å². The molecule has 8 heteroatoms. The Morgan fingerprint density at radius 3 is 2.72 bits per heavy atom. The summed E-state index contributed by atoms with van der Waals surface area (Å²) in [7, 11) is 0. The number of aliphatic hydroxyl groups is 1. The zero-order chi connectivity index (χ0) is 20.4. The van der Waals surface area contributed by atoms with E-state index < -0.39 is 5.25 Å². The summed E-state index contributed by atoms with van der Waals surface area (Å²) in [6.45, 7) is 1.76. The number of oxazole rings is 1. The molecule has 0 saturated heterocycles. The molecule has 0 radical (unpaired) electrons. The fourth-order valence-electron chi connectivity index (χ4n) is 2.66. The van der Waals surface area contributed by atoms with Crippen molar-refractivity contribution in [2.24, 2.45) is 0 Å². The first-order valence-corrected chi connectivity index (χ1v) is 10.3. The van der Waals surface area contributed by atoms with Gasteiger partial charge in [0, 0.05) is 5.56 Å². The van der Waals surface area contributed by atoms with E-state index in [1.54, 1.807) is 25.3 Å². The van der Waals surface area contributed by atoms with Gasteiger partial charge in [0.2, 0.25) is 0 Å². The molecule has 29 heavy (non-hydrogen) atoms. The van der Waals surface area contributed by atoms with E-state index in [0.29, 0.717) is 21.6 Å². The van der Waals surface area contributed by atoms with Crippen LogP contribution in [0.3, 0.4) is 0 Å². The summed E-state index contributed by atoms with van der Waals surface area (Å²) >= 11 is 2.54. The Balaban J connectivity index is 1.57. The second-order valence-corrected chi connectivity index (χ2v) is 8.44. The van der Waals surface area contributed by atoms with Crippen molar-refractivity contribution >= 4 is 38.9 Å². The number of allylic oxidation sites excluding steroid dienone is 1. The van der Waals surface area contributed by atoms with Crippen molar-refractivity contribution < 1.29 is 13.9 Å². The van der Waals surface area contributed by atoms with Gasteiger partial charge < -0.3 is 9.52 Å². The number of thiazole rings is 1. The third-order valence-corrected chi connectivity index (χ3v) is 6.17. The minimum absolute atomic E-state index is 0.0851. The lowest BCUT2D eigenvalue weighted by Gasteiger charge is -2.09. The lowest BCUT2D eigenvalue weighted by Crippen LogP contribution is -2.03. The van der Waals surface area contributed by atoms with Gasteiger partial charge in [-0.3, -0.25) is 0 Å². The van der Waals surface area contributed by atoms with Crippen LogP contribution in [0.25, 0.3) is 27.1 Å². The number of halogens is 1. The van der Waals surface area contributed by atoms with Crippen LogP contribution in [0.2, 0.25) is 0 Å². The fourth-order valence-corrected chi connectivity index (χ4v) is 4.42. The van der Waals surface area contributed by atoms with Gasteiger partial charge in [0.1, 0.15) is 28.2 Å². The average molecular weight is 423 g/mol. The second-order valence-electron chi connectivity index (χ2n) is 6.12. The van der Waals surface area contributed by atoms with Crippen LogP contribution in [0.1, 0.15) is 11.9 Å². The summed E-state index contributed by atoms with van der Waals surface area (Å²) in [6, 6.07) is 15.5. The van der Waals surface area contributed by atoms with E-state index in [4.69, 9.17) is 4.42 Å². The van der Waals surface area contributed by atoms with Gasteiger partial charge in [-0.05, 0) is 43.3 Å². The molecule has 0 aliphatic rings. The molecule has 0 saturated carbocycles. The molecule has 0 amide bonds. The van der Waals surface area contributed by atoms with Crippen molar-refractivity contribution in [1.29, 1.82) is 5.26 Å². The summed E-state index contributed by atoms with van der Waals surface area (Å²) in [6.07, 6.45) is 1.54. The summed E-state index contributed by atoms with van der Waals surface area (Å²) in [5.74, 6) is 0.0818. The van der Waals surface area contributed by atoms with Crippen LogP contribution in [-0.4, -0.2) is 20.3 Å². The van der Waals surface area contributed by atoms with Crippen molar-refractivity contribution in [3.63, 3.8) is 0 Å². The number of rotatable bonds is 5. The molecule has 1 unspecified atom stereocenters. The molecule has 1 N–H and O–H groups in total. The average Bonchev–Trinajstić information content (AvgIpc) is 3.36. The van der Waals surface area contributed by atoms with E-state index in [2.05, 4.69) is 16.0 Å². The maximum atomic E-state index is 13.1. The summed E-state index contributed by atoms with van der Waals surface area (Å²) in [5, 5.41) is 20.6. The first kappa shape index (κ1) is 19.2. The summed E-state index contributed by atoms with van der Waals surface area (Å²) in [5.41, 5.74) is 1.62. The van der Waals surface area contributed by atoms with Crippen molar-refractivity contribution in [2.75, 3.05) is 0 Å². The first-order valence-electron chi connectivity index (χ1n) is 8.62. The van der Waals surface area contributed by atoms with Crippen LogP contribution >= 0.6 is 23.1 Å². The number of para-hydroxylation sites is 1. The van der Waals surface area contributed by atoms with E-state index in [9.17, 15) is 14.8 Å². The van der Waals surface area contributed by atoms with Gasteiger partial charge in [-0.15, -0.1) is 11.3 Å². The summed E-state index contributed by atoms with van der Waals surface area (Å²) in [4.78, 5) is 8.65. The molecule has 0 aliphatic heterocycles. The van der Waals surface area contributed by atoms with Gasteiger partial charge in [-0.2, -0.15) is 5.26 Å². The van der Waals surface area contributed by atoms with Gasteiger partial charge in [-0.25, -0.2) is 14.4 Å². The van der Waals surface area contributed by atoms with Crippen LogP contribution in [0.5, 0.6) is 0 Å². The molecule has 5 nitrogen and oxygen atoms in total. The molecule has 0 aliphatic carbocycles. The zero-order valence-corrected chi connectivity index (χ0v) is 16.8. The Morgan fingerprint density at radius 2 is 2.00 bits per heavy atom. The van der Waals surface area contributed by atoms with Crippen molar-refractivity contribution in [3.05, 3.63) is 71.3 Å². The normalized spacial score (nSPS) is 13.1. The molecule has 4 aromatic rings. The highest BCUT2D eigenvalue weighted by molar-refractivity contribution is 7.99. The molecule has 144 valence electrons.